The predicted octanol–water partition coefficient (Wildman–Crippen LogP) is 3.66. The van der Waals surface area contributed by atoms with Crippen LogP contribution in [-0.2, 0) is 23.8 Å². The molecule has 0 fully saturated rings. The molecule has 0 aromatic rings. The van der Waals surface area contributed by atoms with Gasteiger partial charge in [-0.05, 0) is 78.2 Å². The molecule has 188 valence electrons. The van der Waals surface area contributed by atoms with E-state index in [-0.39, 0.29) is 5.91 Å². The largest absolute Gasteiger partial charge is 0.458 e. The Morgan fingerprint density at radius 3 is 2.22 bits per heavy atom. The van der Waals surface area contributed by atoms with E-state index in [1.165, 1.54) is 0 Å². The van der Waals surface area contributed by atoms with Gasteiger partial charge >= 0.3 is 5.97 Å². The minimum absolute atomic E-state index is 0.122. The summed E-state index contributed by atoms with van der Waals surface area (Å²) in [6, 6.07) is -0.641. The van der Waals surface area contributed by atoms with Crippen molar-refractivity contribution in [1.82, 2.24) is 5.32 Å². The van der Waals surface area contributed by atoms with Gasteiger partial charge in [0.15, 0.2) is 5.79 Å². The number of nitrogens with one attached hydrogen (secondary N) is 1. The summed E-state index contributed by atoms with van der Waals surface area (Å²) in [5.74, 6) is 1.37. The Morgan fingerprint density at radius 2 is 1.66 bits per heavy atom. The van der Waals surface area contributed by atoms with Crippen LogP contribution in [0.15, 0.2) is 4.99 Å². The molecule has 0 aromatic carbocycles. The van der Waals surface area contributed by atoms with E-state index in [0.29, 0.717) is 25.2 Å². The van der Waals surface area contributed by atoms with E-state index in [1.807, 2.05) is 27.7 Å². The van der Waals surface area contributed by atoms with Crippen molar-refractivity contribution in [3.63, 3.8) is 0 Å². The molecule has 0 heterocycles. The van der Waals surface area contributed by atoms with Crippen LogP contribution in [0.25, 0.3) is 0 Å². The fourth-order valence-corrected chi connectivity index (χ4v) is 3.72. The first kappa shape index (κ1) is 30.7. The van der Waals surface area contributed by atoms with Crippen LogP contribution in [0.2, 0.25) is 0 Å². The van der Waals surface area contributed by atoms with Crippen molar-refractivity contribution in [2.75, 3.05) is 32.3 Å². The molecule has 9 heteroatoms. The highest BCUT2D eigenvalue weighted by Crippen LogP contribution is 2.19. The fraction of sp³-hybridized carbons (Fsp3) is 0.870. The monoisotopic (exact) mass is 475 g/mol. The van der Waals surface area contributed by atoms with Crippen LogP contribution < -0.4 is 11.1 Å². The second-order valence-corrected chi connectivity index (χ2v) is 10.3. The number of hydrogen-bond donors (Lipinski definition) is 2. The number of thioether (sulfide) groups is 1. The average Bonchev–Trinajstić information content (AvgIpc) is 2.70. The molecule has 0 rings (SSSR count). The van der Waals surface area contributed by atoms with Gasteiger partial charge in [-0.15, -0.1) is 0 Å². The Hall–Kier alpha value is -1.32. The molecule has 0 saturated heterocycles. The molecule has 1 atom stereocenters. The number of nitrogens with zero attached hydrogens (tertiary/aromatic N) is 1. The lowest BCUT2D eigenvalue weighted by atomic mass is 10.1. The molecule has 1 unspecified atom stereocenters. The summed E-state index contributed by atoms with van der Waals surface area (Å²) >= 11 is 1.81. The van der Waals surface area contributed by atoms with E-state index < -0.39 is 23.4 Å². The van der Waals surface area contributed by atoms with Crippen molar-refractivity contribution in [2.24, 2.45) is 10.7 Å². The SMILES string of the molecule is COC(C)(CCCSCCCC(=O)NC(CCCCN=C(C)N)C(=O)OC(C)(C)C)OC. The van der Waals surface area contributed by atoms with E-state index in [1.54, 1.807) is 32.9 Å². The van der Waals surface area contributed by atoms with Gasteiger partial charge in [0.2, 0.25) is 5.91 Å². The quantitative estimate of drug-likeness (QED) is 0.108. The number of unbranched alkanes of at least 4 members (excludes halogenated alkanes) is 1. The maximum absolute atomic E-state index is 12.5. The van der Waals surface area contributed by atoms with E-state index >= 15 is 0 Å². The van der Waals surface area contributed by atoms with Gasteiger partial charge < -0.3 is 25.3 Å². The Labute approximate surface area is 198 Å². The average molecular weight is 476 g/mol. The molecule has 0 spiro atoms. The smallest absolute Gasteiger partial charge is 0.329 e. The zero-order valence-corrected chi connectivity index (χ0v) is 21.9. The number of ether oxygens (including phenoxy) is 3. The van der Waals surface area contributed by atoms with Crippen LogP contribution in [0.4, 0.5) is 0 Å². The molecule has 32 heavy (non-hydrogen) atoms. The van der Waals surface area contributed by atoms with Gasteiger partial charge in [0.05, 0.1) is 5.84 Å². The van der Waals surface area contributed by atoms with Crippen LogP contribution in [-0.4, -0.2) is 67.4 Å². The Bertz CT molecular complexity index is 570. The van der Waals surface area contributed by atoms with Gasteiger partial charge in [-0.1, -0.05) is 0 Å². The predicted molar refractivity (Wildman–Crippen MR) is 132 cm³/mol. The van der Waals surface area contributed by atoms with Crippen LogP contribution in [0.5, 0.6) is 0 Å². The number of aliphatic imine (C=N–C) groups is 1. The van der Waals surface area contributed by atoms with Crippen molar-refractivity contribution < 1.29 is 23.8 Å². The fourth-order valence-electron chi connectivity index (χ4n) is 2.82. The minimum atomic E-state index is -0.641. The van der Waals surface area contributed by atoms with Crippen molar-refractivity contribution in [2.45, 2.75) is 97.0 Å². The Morgan fingerprint density at radius 1 is 1.03 bits per heavy atom. The van der Waals surface area contributed by atoms with Crippen LogP contribution >= 0.6 is 11.8 Å². The van der Waals surface area contributed by atoms with Crippen LogP contribution in [0.3, 0.4) is 0 Å². The van der Waals surface area contributed by atoms with E-state index in [0.717, 1.165) is 43.6 Å². The number of amides is 1. The van der Waals surface area contributed by atoms with E-state index in [4.69, 9.17) is 19.9 Å². The highest BCUT2D eigenvalue weighted by atomic mass is 32.2. The van der Waals surface area contributed by atoms with Gasteiger partial charge in [0.1, 0.15) is 11.6 Å². The summed E-state index contributed by atoms with van der Waals surface area (Å²) < 4.78 is 16.2. The second-order valence-electron chi connectivity index (χ2n) is 9.03. The summed E-state index contributed by atoms with van der Waals surface area (Å²) in [5.41, 5.74) is 4.94. The second kappa shape index (κ2) is 16.3. The number of nitrogens with two attached hydrogens (primary N) is 1. The minimum Gasteiger partial charge on any atom is -0.458 e. The van der Waals surface area contributed by atoms with Crippen LogP contribution in [0, 0.1) is 0 Å². The zero-order valence-electron chi connectivity index (χ0n) is 21.1. The first-order valence-corrected chi connectivity index (χ1v) is 12.5. The summed E-state index contributed by atoms with van der Waals surface area (Å²) in [6.45, 7) is 9.75. The highest BCUT2D eigenvalue weighted by molar-refractivity contribution is 7.99. The zero-order chi connectivity index (χ0) is 24.6. The molecule has 3 N–H and O–H groups in total. The molecule has 0 aliphatic rings. The summed E-state index contributed by atoms with van der Waals surface area (Å²) in [6.07, 6.45) is 5.01. The first-order chi connectivity index (χ1) is 14.9. The molecule has 0 radical (unpaired) electrons. The lowest BCUT2D eigenvalue weighted by Crippen LogP contribution is -2.44. The number of methoxy groups -OCH3 is 2. The van der Waals surface area contributed by atoms with E-state index in [2.05, 4.69) is 10.3 Å². The van der Waals surface area contributed by atoms with Crippen molar-refractivity contribution in [1.29, 1.82) is 0 Å². The molecule has 0 aliphatic carbocycles. The number of carbonyl (C=O) groups excluding carboxylic acids is 2. The molecule has 1 amide bonds. The normalized spacial score (nSPS) is 13.7. The van der Waals surface area contributed by atoms with Gasteiger partial charge in [0, 0.05) is 33.6 Å². The molecule has 0 aromatic heterocycles. The molecular weight excluding hydrogens is 430 g/mol. The Kier molecular flexibility index (Phi) is 15.6. The van der Waals surface area contributed by atoms with Crippen molar-refractivity contribution >= 4 is 29.5 Å². The topological polar surface area (TPSA) is 112 Å². The lowest BCUT2D eigenvalue weighted by molar-refractivity contribution is -0.197. The number of carbonyl (C=O) groups is 2. The first-order valence-electron chi connectivity index (χ1n) is 11.4. The maximum Gasteiger partial charge on any atom is 0.329 e. The summed E-state index contributed by atoms with van der Waals surface area (Å²) in [4.78, 5) is 29.1. The molecule has 0 aliphatic heterocycles. The van der Waals surface area contributed by atoms with Crippen LogP contribution in [0.1, 0.15) is 79.6 Å². The third kappa shape index (κ3) is 16.3. The number of esters is 1. The van der Waals surface area contributed by atoms with Crippen molar-refractivity contribution in [3.8, 4) is 0 Å². The third-order valence-electron chi connectivity index (χ3n) is 4.76. The van der Waals surface area contributed by atoms with E-state index in [9.17, 15) is 9.59 Å². The van der Waals surface area contributed by atoms with Gasteiger partial charge in [-0.3, -0.25) is 9.79 Å². The number of hydrogen-bond acceptors (Lipinski definition) is 7. The summed E-state index contributed by atoms with van der Waals surface area (Å²) in [5, 5.41) is 2.86. The standard InChI is InChI=1S/C23H45N3O5S/c1-18(24)25-15-9-8-12-19(21(28)31-22(2,3)4)26-20(27)13-10-16-32-17-11-14-23(5,29-6)30-7/h19H,8-17H2,1-7H3,(H2,24,25)(H,26,27). The molecule has 0 bridgehead atoms. The Balaban J connectivity index is 4.34. The highest BCUT2D eigenvalue weighted by Gasteiger charge is 2.26. The lowest BCUT2D eigenvalue weighted by Gasteiger charge is -2.26. The third-order valence-corrected chi connectivity index (χ3v) is 5.92. The molecular formula is C23H45N3O5S. The van der Waals surface area contributed by atoms with Gasteiger partial charge in [-0.25, -0.2) is 4.79 Å². The number of rotatable bonds is 17. The number of amidine groups is 1. The summed E-state index contributed by atoms with van der Waals surface area (Å²) in [7, 11) is 3.30. The maximum atomic E-state index is 12.5. The molecule has 8 nitrogen and oxygen atoms in total. The van der Waals surface area contributed by atoms with Gasteiger partial charge in [0.25, 0.3) is 0 Å². The van der Waals surface area contributed by atoms with Crippen molar-refractivity contribution in [3.05, 3.63) is 0 Å². The molecule has 0 saturated carbocycles. The van der Waals surface area contributed by atoms with Gasteiger partial charge in [-0.2, -0.15) is 11.8 Å².